The molecule has 8 heteroatoms. The number of aromatic hydroxyl groups is 1. The van der Waals surface area contributed by atoms with E-state index in [1.54, 1.807) is 0 Å². The second-order valence-electron chi connectivity index (χ2n) is 2.93. The molecule has 0 heterocycles. The average Bonchev–Trinajstić information content (AvgIpc) is 2.20. The molecule has 0 saturated heterocycles. The SMILES string of the molecule is Cl.NC[C@@H](N)c1c([N+](=O)[O-])ccc(Cl)c1O. The van der Waals surface area contributed by atoms with Crippen molar-refractivity contribution in [2.24, 2.45) is 11.5 Å². The van der Waals surface area contributed by atoms with Crippen LogP contribution in [0.2, 0.25) is 5.02 Å². The molecule has 5 N–H and O–H groups in total. The van der Waals surface area contributed by atoms with Crippen LogP contribution in [0.15, 0.2) is 12.1 Å². The van der Waals surface area contributed by atoms with E-state index in [1.165, 1.54) is 12.1 Å². The summed E-state index contributed by atoms with van der Waals surface area (Å²) in [5.74, 6) is -0.385. The summed E-state index contributed by atoms with van der Waals surface area (Å²) < 4.78 is 0. The Morgan fingerprint density at radius 1 is 1.56 bits per heavy atom. The normalized spacial score (nSPS) is 11.7. The zero-order valence-electron chi connectivity index (χ0n) is 8.09. The molecule has 1 rings (SSSR count). The molecule has 1 aromatic carbocycles. The molecule has 0 aromatic heterocycles. The fourth-order valence-corrected chi connectivity index (χ4v) is 1.38. The van der Waals surface area contributed by atoms with Crippen LogP contribution in [-0.2, 0) is 0 Å². The Labute approximate surface area is 103 Å². The van der Waals surface area contributed by atoms with Crippen LogP contribution < -0.4 is 11.5 Å². The van der Waals surface area contributed by atoms with Crippen LogP contribution in [0.4, 0.5) is 5.69 Å². The minimum atomic E-state index is -0.816. The van der Waals surface area contributed by atoms with Gasteiger partial charge in [0.05, 0.1) is 21.6 Å². The van der Waals surface area contributed by atoms with E-state index in [1.807, 2.05) is 0 Å². The second-order valence-corrected chi connectivity index (χ2v) is 3.34. The van der Waals surface area contributed by atoms with Gasteiger partial charge < -0.3 is 16.6 Å². The molecule has 0 amide bonds. The van der Waals surface area contributed by atoms with Crippen LogP contribution in [0, 0.1) is 10.1 Å². The van der Waals surface area contributed by atoms with E-state index in [0.717, 1.165) is 0 Å². The molecule has 6 nitrogen and oxygen atoms in total. The number of nitro groups is 1. The van der Waals surface area contributed by atoms with Gasteiger partial charge in [0.15, 0.2) is 0 Å². The fraction of sp³-hybridized carbons (Fsp3) is 0.250. The largest absolute Gasteiger partial charge is 0.506 e. The van der Waals surface area contributed by atoms with Gasteiger partial charge in [0.25, 0.3) is 5.69 Å². The first-order valence-electron chi connectivity index (χ1n) is 4.10. The van der Waals surface area contributed by atoms with Gasteiger partial charge in [-0.05, 0) is 6.07 Å². The standard InChI is InChI=1S/C8H10ClN3O3.ClH/c9-4-1-2-6(12(14)15)7(8(4)13)5(11)3-10;/h1-2,5,13H,3,10-11H2;1H/t5-;/m1./s1. The van der Waals surface area contributed by atoms with Crippen molar-refractivity contribution in [3.63, 3.8) is 0 Å². The van der Waals surface area contributed by atoms with E-state index in [-0.39, 0.29) is 41.0 Å². The number of hydrogen-bond donors (Lipinski definition) is 3. The molecule has 1 aromatic rings. The van der Waals surface area contributed by atoms with Crippen LogP contribution in [0.3, 0.4) is 0 Å². The summed E-state index contributed by atoms with van der Waals surface area (Å²) in [6, 6.07) is 1.61. The highest BCUT2D eigenvalue weighted by molar-refractivity contribution is 6.32. The van der Waals surface area contributed by atoms with E-state index in [4.69, 9.17) is 23.1 Å². The van der Waals surface area contributed by atoms with E-state index in [0.29, 0.717) is 0 Å². The third-order valence-corrected chi connectivity index (χ3v) is 2.27. The molecule has 0 aliphatic carbocycles. The van der Waals surface area contributed by atoms with Crippen molar-refractivity contribution in [3.05, 3.63) is 32.8 Å². The predicted molar refractivity (Wildman–Crippen MR) is 63.0 cm³/mol. The molecule has 0 unspecified atom stereocenters. The molecule has 0 fully saturated rings. The van der Waals surface area contributed by atoms with Gasteiger partial charge in [-0.1, -0.05) is 11.6 Å². The molecule has 0 aliphatic rings. The minimum absolute atomic E-state index is 0. The van der Waals surface area contributed by atoms with Crippen LogP contribution in [-0.4, -0.2) is 16.6 Å². The topological polar surface area (TPSA) is 115 Å². The summed E-state index contributed by atoms with van der Waals surface area (Å²) in [5, 5.41) is 20.2. The zero-order valence-corrected chi connectivity index (χ0v) is 9.66. The lowest BCUT2D eigenvalue weighted by atomic mass is 10.0. The molecule has 1 atom stereocenters. The fourth-order valence-electron chi connectivity index (χ4n) is 1.21. The molecule has 0 saturated carbocycles. The number of hydrogen-bond acceptors (Lipinski definition) is 5. The first-order chi connectivity index (χ1) is 6.99. The van der Waals surface area contributed by atoms with Gasteiger partial charge in [0.2, 0.25) is 0 Å². The Morgan fingerprint density at radius 3 is 2.56 bits per heavy atom. The van der Waals surface area contributed by atoms with Gasteiger partial charge in [-0.15, -0.1) is 12.4 Å². The summed E-state index contributed by atoms with van der Waals surface area (Å²) in [6.45, 7) is -0.0191. The van der Waals surface area contributed by atoms with E-state index < -0.39 is 11.0 Å². The van der Waals surface area contributed by atoms with Gasteiger partial charge in [-0.25, -0.2) is 0 Å². The number of benzene rings is 1. The Balaban J connectivity index is 0.00000225. The van der Waals surface area contributed by atoms with Gasteiger partial charge in [-0.3, -0.25) is 10.1 Å². The molecule has 16 heavy (non-hydrogen) atoms. The smallest absolute Gasteiger partial charge is 0.278 e. The summed E-state index contributed by atoms with van der Waals surface area (Å²) in [4.78, 5) is 10.0. The van der Waals surface area contributed by atoms with Crippen LogP contribution in [0.1, 0.15) is 11.6 Å². The molecule has 0 bridgehead atoms. The molecular formula is C8H11Cl2N3O3. The van der Waals surface area contributed by atoms with Gasteiger partial charge in [0.1, 0.15) is 5.75 Å². The molecule has 0 radical (unpaired) electrons. The number of rotatable bonds is 3. The highest BCUT2D eigenvalue weighted by Crippen LogP contribution is 2.37. The molecule has 90 valence electrons. The Hall–Kier alpha value is -1.08. The van der Waals surface area contributed by atoms with Crippen molar-refractivity contribution in [1.29, 1.82) is 0 Å². The van der Waals surface area contributed by atoms with Crippen LogP contribution >= 0.6 is 24.0 Å². The summed E-state index contributed by atoms with van der Waals surface area (Å²) in [7, 11) is 0. The third-order valence-electron chi connectivity index (χ3n) is 1.97. The lowest BCUT2D eigenvalue weighted by molar-refractivity contribution is -0.385. The van der Waals surface area contributed by atoms with Crippen molar-refractivity contribution in [1.82, 2.24) is 0 Å². The highest BCUT2D eigenvalue weighted by atomic mass is 35.5. The maximum absolute atomic E-state index is 10.7. The monoisotopic (exact) mass is 267 g/mol. The maximum atomic E-state index is 10.7. The number of phenols is 1. The number of nitrogens with two attached hydrogens (primary N) is 2. The van der Waals surface area contributed by atoms with Gasteiger partial charge in [-0.2, -0.15) is 0 Å². The minimum Gasteiger partial charge on any atom is -0.506 e. The molecular weight excluding hydrogens is 257 g/mol. The lowest BCUT2D eigenvalue weighted by Crippen LogP contribution is -2.22. The Kier molecular flexibility index (Phi) is 5.46. The van der Waals surface area contributed by atoms with Crippen molar-refractivity contribution in [3.8, 4) is 5.75 Å². The summed E-state index contributed by atoms with van der Waals surface area (Å²) in [6.07, 6.45) is 0. The van der Waals surface area contributed by atoms with Crippen molar-refractivity contribution >= 4 is 29.7 Å². The summed E-state index contributed by atoms with van der Waals surface area (Å²) in [5.41, 5.74) is 10.5. The highest BCUT2D eigenvalue weighted by Gasteiger charge is 2.24. The van der Waals surface area contributed by atoms with Crippen LogP contribution in [0.25, 0.3) is 0 Å². The number of nitrogens with zero attached hydrogens (tertiary/aromatic N) is 1. The second kappa shape index (κ2) is 5.86. The van der Waals surface area contributed by atoms with Crippen molar-refractivity contribution < 1.29 is 10.0 Å². The molecule has 0 spiro atoms. The van der Waals surface area contributed by atoms with E-state index >= 15 is 0 Å². The van der Waals surface area contributed by atoms with Crippen molar-refractivity contribution in [2.75, 3.05) is 6.54 Å². The van der Waals surface area contributed by atoms with E-state index in [2.05, 4.69) is 0 Å². The Bertz CT molecular complexity index is 400. The lowest BCUT2D eigenvalue weighted by Gasteiger charge is -2.12. The predicted octanol–water partition coefficient (Wildman–Crippen LogP) is 1.33. The van der Waals surface area contributed by atoms with E-state index in [9.17, 15) is 15.2 Å². The zero-order chi connectivity index (χ0) is 11.6. The first kappa shape index (κ1) is 14.9. The third kappa shape index (κ3) is 2.73. The van der Waals surface area contributed by atoms with Crippen molar-refractivity contribution in [2.45, 2.75) is 6.04 Å². The number of nitro benzene ring substituents is 1. The summed E-state index contributed by atoms with van der Waals surface area (Å²) >= 11 is 5.62. The number of phenolic OH excluding ortho intramolecular Hbond substituents is 1. The quantitative estimate of drug-likeness (QED) is 0.565. The first-order valence-corrected chi connectivity index (χ1v) is 4.48. The van der Waals surface area contributed by atoms with Crippen LogP contribution in [0.5, 0.6) is 5.75 Å². The van der Waals surface area contributed by atoms with Gasteiger partial charge >= 0.3 is 0 Å². The number of halogens is 2. The molecule has 0 aliphatic heterocycles. The van der Waals surface area contributed by atoms with Gasteiger partial charge in [0, 0.05) is 12.6 Å². The average molecular weight is 268 g/mol. The maximum Gasteiger partial charge on any atom is 0.278 e. The Morgan fingerprint density at radius 2 is 2.12 bits per heavy atom.